The first-order chi connectivity index (χ1) is 7.52. The summed E-state index contributed by atoms with van der Waals surface area (Å²) in [5.41, 5.74) is 2.12. The highest BCUT2D eigenvalue weighted by atomic mass is 16.5. The van der Waals surface area contributed by atoms with E-state index < -0.39 is 12.1 Å². The molecule has 2 N–H and O–H groups in total. The first-order valence-corrected chi connectivity index (χ1v) is 4.69. The third-order valence-electron chi connectivity index (χ3n) is 2.12. The standard InChI is InChI=1S/C11H13NO4/c1-7-5-9(12-11(15)16-2)4-3-8(7)6-10(13)14/h3-5H,6H2,1-2H3,(H,12,15)(H,13,14). The summed E-state index contributed by atoms with van der Waals surface area (Å²) < 4.78 is 4.44. The number of benzene rings is 1. The lowest BCUT2D eigenvalue weighted by Gasteiger charge is -2.07. The number of aryl methyl sites for hydroxylation is 1. The van der Waals surface area contributed by atoms with Crippen LogP contribution in [0.1, 0.15) is 11.1 Å². The van der Waals surface area contributed by atoms with Gasteiger partial charge in [-0.15, -0.1) is 0 Å². The van der Waals surface area contributed by atoms with Crippen LogP contribution >= 0.6 is 0 Å². The number of methoxy groups -OCH3 is 1. The molecule has 0 atom stereocenters. The summed E-state index contributed by atoms with van der Waals surface area (Å²) in [4.78, 5) is 21.5. The monoisotopic (exact) mass is 223 g/mol. The van der Waals surface area contributed by atoms with Gasteiger partial charge in [0.1, 0.15) is 0 Å². The molecule has 0 spiro atoms. The number of nitrogens with one attached hydrogen (secondary N) is 1. The van der Waals surface area contributed by atoms with Crippen LogP contribution in [-0.4, -0.2) is 24.3 Å². The highest BCUT2D eigenvalue weighted by Crippen LogP contribution is 2.15. The molecule has 0 aromatic heterocycles. The van der Waals surface area contributed by atoms with Gasteiger partial charge in [-0.05, 0) is 30.2 Å². The van der Waals surface area contributed by atoms with Crippen LogP contribution in [0.5, 0.6) is 0 Å². The summed E-state index contributed by atoms with van der Waals surface area (Å²) in [6, 6.07) is 5.02. The molecule has 1 aromatic carbocycles. The molecule has 0 saturated carbocycles. The van der Waals surface area contributed by atoms with Gasteiger partial charge in [0, 0.05) is 5.69 Å². The molecular weight excluding hydrogens is 210 g/mol. The third kappa shape index (κ3) is 3.27. The molecule has 86 valence electrons. The second-order valence-corrected chi connectivity index (χ2v) is 3.33. The molecule has 1 rings (SSSR count). The number of carbonyl (C=O) groups excluding carboxylic acids is 1. The lowest BCUT2D eigenvalue weighted by Crippen LogP contribution is -2.11. The molecule has 5 heteroatoms. The summed E-state index contributed by atoms with van der Waals surface area (Å²) in [5.74, 6) is -0.878. The van der Waals surface area contributed by atoms with Crippen molar-refractivity contribution in [3.8, 4) is 0 Å². The van der Waals surface area contributed by atoms with Crippen LogP contribution in [0.4, 0.5) is 10.5 Å². The predicted octanol–water partition coefficient (Wildman–Crippen LogP) is 1.80. The van der Waals surface area contributed by atoms with Crippen LogP contribution in [0, 0.1) is 6.92 Å². The molecule has 0 radical (unpaired) electrons. The molecule has 0 aliphatic carbocycles. The lowest BCUT2D eigenvalue weighted by atomic mass is 10.1. The fourth-order valence-electron chi connectivity index (χ4n) is 1.30. The van der Waals surface area contributed by atoms with E-state index in [0.717, 1.165) is 11.1 Å². The van der Waals surface area contributed by atoms with Crippen molar-refractivity contribution in [1.82, 2.24) is 0 Å². The van der Waals surface area contributed by atoms with E-state index in [4.69, 9.17) is 5.11 Å². The zero-order valence-electron chi connectivity index (χ0n) is 9.11. The molecule has 0 aliphatic heterocycles. The van der Waals surface area contributed by atoms with E-state index in [9.17, 15) is 9.59 Å². The number of ether oxygens (including phenoxy) is 1. The Bertz CT molecular complexity index is 414. The molecule has 1 amide bonds. The normalized spacial score (nSPS) is 9.62. The molecule has 0 aliphatic rings. The number of hydrogen-bond acceptors (Lipinski definition) is 3. The molecule has 0 heterocycles. The quantitative estimate of drug-likeness (QED) is 0.819. The van der Waals surface area contributed by atoms with Crippen molar-refractivity contribution in [2.24, 2.45) is 0 Å². The molecular formula is C11H13NO4. The van der Waals surface area contributed by atoms with E-state index in [0.29, 0.717) is 5.69 Å². The minimum Gasteiger partial charge on any atom is -0.481 e. The lowest BCUT2D eigenvalue weighted by molar-refractivity contribution is -0.136. The van der Waals surface area contributed by atoms with Gasteiger partial charge >= 0.3 is 12.1 Å². The van der Waals surface area contributed by atoms with Crippen LogP contribution < -0.4 is 5.32 Å². The van der Waals surface area contributed by atoms with Crippen molar-refractivity contribution >= 4 is 17.7 Å². The summed E-state index contributed by atoms with van der Waals surface area (Å²) in [6.45, 7) is 1.79. The first-order valence-electron chi connectivity index (χ1n) is 4.69. The van der Waals surface area contributed by atoms with E-state index in [1.165, 1.54) is 7.11 Å². The van der Waals surface area contributed by atoms with Crippen LogP contribution in [0.3, 0.4) is 0 Å². The minimum atomic E-state index is -0.878. The first kappa shape index (κ1) is 12.0. The maximum absolute atomic E-state index is 10.9. The van der Waals surface area contributed by atoms with Crippen LogP contribution in [0.15, 0.2) is 18.2 Å². The maximum atomic E-state index is 10.9. The Balaban J connectivity index is 2.82. The number of aliphatic carboxylic acids is 1. The number of carbonyl (C=O) groups is 2. The van der Waals surface area contributed by atoms with Gasteiger partial charge < -0.3 is 9.84 Å². The molecule has 0 unspecified atom stereocenters. The Morgan fingerprint density at radius 1 is 1.44 bits per heavy atom. The molecule has 5 nitrogen and oxygen atoms in total. The van der Waals surface area contributed by atoms with Crippen molar-refractivity contribution in [3.05, 3.63) is 29.3 Å². The van der Waals surface area contributed by atoms with Crippen molar-refractivity contribution in [2.45, 2.75) is 13.3 Å². The van der Waals surface area contributed by atoms with Gasteiger partial charge in [0.15, 0.2) is 0 Å². The zero-order valence-corrected chi connectivity index (χ0v) is 9.11. The Morgan fingerprint density at radius 2 is 2.12 bits per heavy atom. The zero-order chi connectivity index (χ0) is 12.1. The number of amides is 1. The molecule has 0 saturated heterocycles. The average Bonchev–Trinajstić information content (AvgIpc) is 2.21. The predicted molar refractivity (Wildman–Crippen MR) is 58.5 cm³/mol. The van der Waals surface area contributed by atoms with Crippen molar-refractivity contribution < 1.29 is 19.4 Å². The molecule has 16 heavy (non-hydrogen) atoms. The fraction of sp³-hybridized carbons (Fsp3) is 0.273. The summed E-state index contributed by atoms with van der Waals surface area (Å²) in [6.07, 6.45) is -0.574. The average molecular weight is 223 g/mol. The number of anilines is 1. The van der Waals surface area contributed by atoms with Crippen LogP contribution in [-0.2, 0) is 16.0 Å². The minimum absolute atomic E-state index is 0.0235. The molecule has 0 fully saturated rings. The van der Waals surface area contributed by atoms with E-state index in [-0.39, 0.29) is 6.42 Å². The van der Waals surface area contributed by atoms with E-state index in [2.05, 4.69) is 10.1 Å². The van der Waals surface area contributed by atoms with E-state index in [1.807, 2.05) is 0 Å². The number of hydrogen-bond donors (Lipinski definition) is 2. The molecule has 0 bridgehead atoms. The second-order valence-electron chi connectivity index (χ2n) is 3.33. The Kier molecular flexibility index (Phi) is 3.88. The van der Waals surface area contributed by atoms with Gasteiger partial charge in [0.2, 0.25) is 0 Å². The Labute approximate surface area is 93.0 Å². The molecule has 1 aromatic rings. The topological polar surface area (TPSA) is 75.6 Å². The Hall–Kier alpha value is -2.04. The SMILES string of the molecule is COC(=O)Nc1ccc(CC(=O)O)c(C)c1. The van der Waals surface area contributed by atoms with Crippen LogP contribution in [0.25, 0.3) is 0 Å². The number of rotatable bonds is 3. The highest BCUT2D eigenvalue weighted by Gasteiger charge is 2.06. The van der Waals surface area contributed by atoms with Crippen LogP contribution in [0.2, 0.25) is 0 Å². The van der Waals surface area contributed by atoms with Gasteiger partial charge in [0.25, 0.3) is 0 Å². The highest BCUT2D eigenvalue weighted by molar-refractivity contribution is 5.84. The smallest absolute Gasteiger partial charge is 0.411 e. The van der Waals surface area contributed by atoms with Gasteiger partial charge in [-0.3, -0.25) is 10.1 Å². The Morgan fingerprint density at radius 3 is 2.62 bits per heavy atom. The second kappa shape index (κ2) is 5.16. The summed E-state index contributed by atoms with van der Waals surface area (Å²) in [7, 11) is 1.28. The fourth-order valence-corrected chi connectivity index (χ4v) is 1.30. The van der Waals surface area contributed by atoms with Gasteiger partial charge in [-0.1, -0.05) is 6.07 Å². The third-order valence-corrected chi connectivity index (χ3v) is 2.12. The number of carboxylic acid groups (broad SMARTS) is 1. The van der Waals surface area contributed by atoms with E-state index in [1.54, 1.807) is 25.1 Å². The largest absolute Gasteiger partial charge is 0.481 e. The summed E-state index contributed by atoms with van der Waals surface area (Å²) in [5, 5.41) is 11.2. The van der Waals surface area contributed by atoms with Gasteiger partial charge in [-0.25, -0.2) is 4.79 Å². The van der Waals surface area contributed by atoms with Gasteiger partial charge in [-0.2, -0.15) is 0 Å². The summed E-state index contributed by atoms with van der Waals surface area (Å²) >= 11 is 0. The number of carboxylic acids is 1. The van der Waals surface area contributed by atoms with Crippen molar-refractivity contribution in [1.29, 1.82) is 0 Å². The van der Waals surface area contributed by atoms with Crippen molar-refractivity contribution in [2.75, 3.05) is 12.4 Å². The van der Waals surface area contributed by atoms with E-state index >= 15 is 0 Å². The van der Waals surface area contributed by atoms with Crippen molar-refractivity contribution in [3.63, 3.8) is 0 Å². The maximum Gasteiger partial charge on any atom is 0.411 e. The van der Waals surface area contributed by atoms with Gasteiger partial charge in [0.05, 0.1) is 13.5 Å².